The maximum Gasteiger partial charge on any atom is 0.312 e. The fraction of sp³-hybridized carbons (Fsp3) is 0.778. The summed E-state index contributed by atoms with van der Waals surface area (Å²) in [6, 6.07) is -0.516. The molecule has 1 fully saturated rings. The monoisotopic (exact) mass is 214 g/mol. The highest BCUT2D eigenvalue weighted by Gasteiger charge is 2.22. The van der Waals surface area contributed by atoms with E-state index < -0.39 is 6.03 Å². The first-order valence-corrected chi connectivity index (χ1v) is 5.14. The number of hydrogen-bond donors (Lipinski definition) is 3. The average Bonchev–Trinajstić information content (AvgIpc) is 2.25. The summed E-state index contributed by atoms with van der Waals surface area (Å²) in [6.45, 7) is 2.01. The smallest absolute Gasteiger partial charge is 0.312 e. The van der Waals surface area contributed by atoms with Crippen molar-refractivity contribution >= 4 is 11.9 Å². The van der Waals surface area contributed by atoms with Crippen LogP contribution in [0.2, 0.25) is 0 Å². The van der Waals surface area contributed by atoms with Gasteiger partial charge in [-0.15, -0.1) is 0 Å². The largest absolute Gasteiger partial charge is 0.352 e. The first-order valence-electron chi connectivity index (χ1n) is 5.14. The topological polar surface area (TPSA) is 101 Å². The summed E-state index contributed by atoms with van der Waals surface area (Å²) >= 11 is 0. The minimum Gasteiger partial charge on any atom is -0.352 e. The molecule has 0 saturated carbocycles. The molecule has 5 N–H and O–H groups in total. The third kappa shape index (κ3) is 3.75. The zero-order valence-electron chi connectivity index (χ0n) is 8.74. The Labute approximate surface area is 89.0 Å². The number of nitrogens with one attached hydrogen (secondary N) is 1. The first-order chi connectivity index (χ1) is 7.13. The zero-order chi connectivity index (χ0) is 11.3. The molecule has 0 aromatic heterocycles. The summed E-state index contributed by atoms with van der Waals surface area (Å²) in [6.07, 6.45) is 1.96. The Morgan fingerprint density at radius 3 is 2.80 bits per heavy atom. The van der Waals surface area contributed by atoms with E-state index in [1.807, 2.05) is 0 Å². The van der Waals surface area contributed by atoms with Gasteiger partial charge in [-0.2, -0.15) is 0 Å². The van der Waals surface area contributed by atoms with Gasteiger partial charge in [-0.25, -0.2) is 4.79 Å². The van der Waals surface area contributed by atoms with Crippen LogP contribution in [-0.2, 0) is 4.79 Å². The van der Waals surface area contributed by atoms with Crippen molar-refractivity contribution in [3.05, 3.63) is 0 Å². The molecule has 0 radical (unpaired) electrons. The number of likely N-dealkylation sites (tertiary alicyclic amines) is 1. The van der Waals surface area contributed by atoms with Gasteiger partial charge in [0.15, 0.2) is 0 Å². The SMILES string of the molecule is NCC(=O)N1CCCC(CNC(N)=O)C1. The lowest BCUT2D eigenvalue weighted by atomic mass is 9.98. The van der Waals surface area contributed by atoms with Crippen molar-refractivity contribution < 1.29 is 9.59 Å². The molecule has 0 spiro atoms. The molecular formula is C9H18N4O2. The molecule has 0 bridgehead atoms. The summed E-state index contributed by atoms with van der Waals surface area (Å²) in [5.74, 6) is 0.264. The van der Waals surface area contributed by atoms with E-state index in [2.05, 4.69) is 5.32 Å². The molecule has 6 nitrogen and oxygen atoms in total. The van der Waals surface area contributed by atoms with E-state index in [1.165, 1.54) is 0 Å². The minimum absolute atomic E-state index is 0.0289. The van der Waals surface area contributed by atoms with Crippen molar-refractivity contribution in [3.8, 4) is 0 Å². The van der Waals surface area contributed by atoms with E-state index in [-0.39, 0.29) is 12.5 Å². The normalized spacial score (nSPS) is 21.1. The van der Waals surface area contributed by atoms with E-state index in [0.29, 0.717) is 19.0 Å². The fourth-order valence-corrected chi connectivity index (χ4v) is 1.83. The maximum atomic E-state index is 11.3. The molecule has 1 saturated heterocycles. The first kappa shape index (κ1) is 11.8. The van der Waals surface area contributed by atoms with E-state index >= 15 is 0 Å². The Morgan fingerprint density at radius 1 is 1.47 bits per heavy atom. The number of nitrogens with two attached hydrogens (primary N) is 2. The number of amides is 3. The molecule has 0 aromatic rings. The second-order valence-electron chi connectivity index (χ2n) is 3.80. The van der Waals surface area contributed by atoms with Crippen LogP contribution in [-0.4, -0.2) is 43.0 Å². The number of carbonyl (C=O) groups excluding carboxylic acids is 2. The molecule has 1 heterocycles. The molecule has 1 aliphatic rings. The Balaban J connectivity index is 2.35. The number of primary amides is 1. The third-order valence-electron chi connectivity index (χ3n) is 2.61. The van der Waals surface area contributed by atoms with Gasteiger partial charge in [0, 0.05) is 19.6 Å². The number of hydrogen-bond acceptors (Lipinski definition) is 3. The highest BCUT2D eigenvalue weighted by atomic mass is 16.2. The van der Waals surface area contributed by atoms with E-state index in [0.717, 1.165) is 19.4 Å². The molecule has 3 amide bonds. The minimum atomic E-state index is -0.516. The van der Waals surface area contributed by atoms with Gasteiger partial charge < -0.3 is 21.7 Å². The highest BCUT2D eigenvalue weighted by Crippen LogP contribution is 2.15. The molecule has 0 aromatic carbocycles. The highest BCUT2D eigenvalue weighted by molar-refractivity contribution is 5.78. The summed E-state index contributed by atoms with van der Waals surface area (Å²) in [5, 5.41) is 2.56. The Hall–Kier alpha value is -1.30. The predicted octanol–water partition coefficient (Wildman–Crippen LogP) is -1.15. The molecule has 1 aliphatic heterocycles. The second kappa shape index (κ2) is 5.55. The predicted molar refractivity (Wildman–Crippen MR) is 55.9 cm³/mol. The van der Waals surface area contributed by atoms with Gasteiger partial charge in [0.25, 0.3) is 0 Å². The van der Waals surface area contributed by atoms with Crippen LogP contribution in [0.5, 0.6) is 0 Å². The van der Waals surface area contributed by atoms with Crippen LogP contribution in [0.15, 0.2) is 0 Å². The number of urea groups is 1. The van der Waals surface area contributed by atoms with Crippen LogP contribution >= 0.6 is 0 Å². The van der Waals surface area contributed by atoms with Gasteiger partial charge in [-0.1, -0.05) is 0 Å². The van der Waals surface area contributed by atoms with Crippen molar-refractivity contribution in [1.29, 1.82) is 0 Å². The molecule has 86 valence electrons. The van der Waals surface area contributed by atoms with Gasteiger partial charge in [-0.05, 0) is 18.8 Å². The van der Waals surface area contributed by atoms with E-state index in [4.69, 9.17) is 11.5 Å². The van der Waals surface area contributed by atoms with Crippen LogP contribution in [0.25, 0.3) is 0 Å². The molecule has 1 unspecified atom stereocenters. The summed E-state index contributed by atoms with van der Waals surface area (Å²) in [4.78, 5) is 23.6. The molecule has 1 atom stereocenters. The summed E-state index contributed by atoms with van der Waals surface area (Å²) in [5.41, 5.74) is 10.3. The molecule has 15 heavy (non-hydrogen) atoms. The summed E-state index contributed by atoms with van der Waals surface area (Å²) < 4.78 is 0. The zero-order valence-corrected chi connectivity index (χ0v) is 8.74. The molecule has 1 rings (SSSR count). The van der Waals surface area contributed by atoms with Crippen molar-refractivity contribution in [2.45, 2.75) is 12.8 Å². The lowest BCUT2D eigenvalue weighted by Gasteiger charge is -2.32. The standard InChI is InChI=1S/C9H18N4O2/c10-4-8(14)13-3-1-2-7(6-13)5-12-9(11)15/h7H,1-6,10H2,(H3,11,12,15). The quantitative estimate of drug-likeness (QED) is 0.553. The second-order valence-corrected chi connectivity index (χ2v) is 3.80. The van der Waals surface area contributed by atoms with Gasteiger partial charge >= 0.3 is 6.03 Å². The van der Waals surface area contributed by atoms with Crippen LogP contribution in [0.1, 0.15) is 12.8 Å². The van der Waals surface area contributed by atoms with E-state index in [1.54, 1.807) is 4.90 Å². The number of nitrogens with zero attached hydrogens (tertiary/aromatic N) is 1. The average molecular weight is 214 g/mol. The van der Waals surface area contributed by atoms with Crippen LogP contribution < -0.4 is 16.8 Å². The van der Waals surface area contributed by atoms with E-state index in [9.17, 15) is 9.59 Å². The van der Waals surface area contributed by atoms with Crippen LogP contribution in [0, 0.1) is 5.92 Å². The van der Waals surface area contributed by atoms with Crippen LogP contribution in [0.4, 0.5) is 4.79 Å². The number of carbonyl (C=O) groups is 2. The van der Waals surface area contributed by atoms with Crippen molar-refractivity contribution in [2.24, 2.45) is 17.4 Å². The molecule has 0 aliphatic carbocycles. The summed E-state index contributed by atoms with van der Waals surface area (Å²) in [7, 11) is 0. The van der Waals surface area contributed by atoms with Gasteiger partial charge in [0.2, 0.25) is 5.91 Å². The van der Waals surface area contributed by atoms with Crippen molar-refractivity contribution in [3.63, 3.8) is 0 Å². The van der Waals surface area contributed by atoms with Crippen molar-refractivity contribution in [1.82, 2.24) is 10.2 Å². The van der Waals surface area contributed by atoms with Crippen LogP contribution in [0.3, 0.4) is 0 Å². The fourth-order valence-electron chi connectivity index (χ4n) is 1.83. The lowest BCUT2D eigenvalue weighted by Crippen LogP contribution is -2.46. The lowest BCUT2D eigenvalue weighted by molar-refractivity contribution is -0.131. The maximum absolute atomic E-state index is 11.3. The van der Waals surface area contributed by atoms with Gasteiger partial charge in [0.1, 0.15) is 0 Å². The van der Waals surface area contributed by atoms with Gasteiger partial charge in [0.05, 0.1) is 6.54 Å². The number of rotatable bonds is 3. The third-order valence-corrected chi connectivity index (χ3v) is 2.61. The Bertz CT molecular complexity index is 244. The Kier molecular flexibility index (Phi) is 4.36. The number of piperidine rings is 1. The Morgan fingerprint density at radius 2 is 2.20 bits per heavy atom. The molecular weight excluding hydrogens is 196 g/mol. The van der Waals surface area contributed by atoms with Gasteiger partial charge in [-0.3, -0.25) is 4.79 Å². The molecule has 6 heteroatoms. The van der Waals surface area contributed by atoms with Crippen molar-refractivity contribution in [2.75, 3.05) is 26.2 Å².